The molecule has 0 fully saturated rings. The van der Waals surface area contributed by atoms with Crippen LogP contribution in [0.3, 0.4) is 0 Å². The minimum Gasteiger partial charge on any atom is -0.493 e. The summed E-state index contributed by atoms with van der Waals surface area (Å²) in [5.74, 6) is 0.0235. The molecule has 0 saturated heterocycles. The van der Waals surface area contributed by atoms with E-state index in [0.717, 1.165) is 21.3 Å². The molecular weight excluding hydrogens is 400 g/mol. The quantitative estimate of drug-likeness (QED) is 0.674. The van der Waals surface area contributed by atoms with Crippen molar-refractivity contribution in [2.24, 2.45) is 5.73 Å². The number of anilines is 1. The fourth-order valence-electron chi connectivity index (χ4n) is 2.17. The van der Waals surface area contributed by atoms with E-state index in [1.54, 1.807) is 24.3 Å². The highest BCUT2D eigenvalue weighted by molar-refractivity contribution is 9.10. The number of rotatable bonds is 7. The molecule has 0 spiro atoms. The highest BCUT2D eigenvalue weighted by atomic mass is 79.9. The van der Waals surface area contributed by atoms with Gasteiger partial charge in [0.05, 0.1) is 7.11 Å². The molecule has 0 aromatic heterocycles. The Kier molecular flexibility index (Phi) is 6.80. The van der Waals surface area contributed by atoms with Crippen LogP contribution >= 0.6 is 15.9 Å². The molecule has 2 aromatic carbocycles. The number of carbonyl (C=O) groups excluding carboxylic acids is 2. The number of benzene rings is 2. The van der Waals surface area contributed by atoms with Crippen molar-refractivity contribution in [2.45, 2.75) is 6.92 Å². The number of nitrogens with one attached hydrogen (secondary N) is 1. The van der Waals surface area contributed by atoms with Gasteiger partial charge < -0.3 is 20.5 Å². The maximum Gasteiger partial charge on any atom is 0.255 e. The highest BCUT2D eigenvalue weighted by Gasteiger charge is 2.07. The average Bonchev–Trinajstić information content (AvgIpc) is 2.60. The summed E-state index contributed by atoms with van der Waals surface area (Å²) in [6.45, 7) is 1.68. The SMILES string of the molecule is COc1cc(/C=C/C(=O)Nc2ccc(Br)cc2C)ccc1OCC(N)=O. The molecule has 0 atom stereocenters. The van der Waals surface area contributed by atoms with Gasteiger partial charge in [0, 0.05) is 16.2 Å². The highest BCUT2D eigenvalue weighted by Crippen LogP contribution is 2.28. The van der Waals surface area contributed by atoms with E-state index >= 15 is 0 Å². The van der Waals surface area contributed by atoms with E-state index in [-0.39, 0.29) is 12.5 Å². The Labute approximate surface area is 160 Å². The second kappa shape index (κ2) is 9.05. The van der Waals surface area contributed by atoms with Gasteiger partial charge in [-0.3, -0.25) is 9.59 Å². The zero-order valence-corrected chi connectivity index (χ0v) is 16.0. The average molecular weight is 419 g/mol. The lowest BCUT2D eigenvalue weighted by atomic mass is 10.1. The summed E-state index contributed by atoms with van der Waals surface area (Å²) < 4.78 is 11.4. The van der Waals surface area contributed by atoms with Crippen LogP contribution in [0.5, 0.6) is 11.5 Å². The number of halogens is 1. The van der Waals surface area contributed by atoms with Crippen molar-refractivity contribution in [2.75, 3.05) is 19.0 Å². The molecule has 6 nitrogen and oxygen atoms in total. The van der Waals surface area contributed by atoms with Crippen LogP contribution in [-0.4, -0.2) is 25.5 Å². The first-order chi connectivity index (χ1) is 12.4. The van der Waals surface area contributed by atoms with Crippen LogP contribution in [0, 0.1) is 6.92 Å². The molecule has 0 aliphatic rings. The molecule has 0 aliphatic carbocycles. The smallest absolute Gasteiger partial charge is 0.255 e. The van der Waals surface area contributed by atoms with Crippen LogP contribution in [0.1, 0.15) is 11.1 Å². The Morgan fingerprint density at radius 2 is 1.96 bits per heavy atom. The van der Waals surface area contributed by atoms with Gasteiger partial charge in [-0.2, -0.15) is 0 Å². The van der Waals surface area contributed by atoms with Crippen molar-refractivity contribution >= 4 is 39.5 Å². The Bertz CT molecular complexity index is 849. The summed E-state index contributed by atoms with van der Waals surface area (Å²) in [4.78, 5) is 22.9. The van der Waals surface area contributed by atoms with Crippen LogP contribution in [0.4, 0.5) is 5.69 Å². The molecule has 7 heteroatoms. The summed E-state index contributed by atoms with van der Waals surface area (Å²) in [6.07, 6.45) is 3.09. The largest absolute Gasteiger partial charge is 0.493 e. The number of hydrogen-bond acceptors (Lipinski definition) is 4. The first-order valence-electron chi connectivity index (χ1n) is 7.73. The number of amides is 2. The van der Waals surface area contributed by atoms with E-state index < -0.39 is 5.91 Å². The Hall–Kier alpha value is -2.80. The van der Waals surface area contributed by atoms with Crippen molar-refractivity contribution in [3.8, 4) is 11.5 Å². The third kappa shape index (κ3) is 5.63. The third-order valence-electron chi connectivity index (χ3n) is 3.43. The molecule has 0 radical (unpaired) electrons. The molecule has 26 heavy (non-hydrogen) atoms. The van der Waals surface area contributed by atoms with Crippen molar-refractivity contribution in [1.29, 1.82) is 0 Å². The normalized spacial score (nSPS) is 10.6. The number of carbonyl (C=O) groups is 2. The molecule has 136 valence electrons. The van der Waals surface area contributed by atoms with E-state index in [0.29, 0.717) is 11.5 Å². The maximum absolute atomic E-state index is 12.1. The predicted octanol–water partition coefficient (Wildman–Crippen LogP) is 3.28. The molecule has 3 N–H and O–H groups in total. The summed E-state index contributed by atoms with van der Waals surface area (Å²) >= 11 is 3.39. The zero-order chi connectivity index (χ0) is 19.1. The van der Waals surface area contributed by atoms with Crippen molar-refractivity contribution in [3.05, 3.63) is 58.1 Å². The van der Waals surface area contributed by atoms with Gasteiger partial charge in [-0.15, -0.1) is 0 Å². The van der Waals surface area contributed by atoms with Crippen LogP contribution in [0.15, 0.2) is 46.9 Å². The van der Waals surface area contributed by atoms with Crippen LogP contribution in [0.2, 0.25) is 0 Å². The van der Waals surface area contributed by atoms with E-state index in [2.05, 4.69) is 21.2 Å². The Morgan fingerprint density at radius 1 is 1.19 bits per heavy atom. The molecule has 0 unspecified atom stereocenters. The number of methoxy groups -OCH3 is 1. The van der Waals surface area contributed by atoms with Crippen molar-refractivity contribution < 1.29 is 19.1 Å². The van der Waals surface area contributed by atoms with Gasteiger partial charge in [-0.05, 0) is 54.5 Å². The predicted molar refractivity (Wildman–Crippen MR) is 104 cm³/mol. The van der Waals surface area contributed by atoms with Gasteiger partial charge in [-0.1, -0.05) is 22.0 Å². The molecular formula is C19H19BrN2O4. The third-order valence-corrected chi connectivity index (χ3v) is 3.92. The van der Waals surface area contributed by atoms with Gasteiger partial charge in [0.2, 0.25) is 5.91 Å². The summed E-state index contributed by atoms with van der Waals surface area (Å²) in [5, 5.41) is 2.83. The van der Waals surface area contributed by atoms with Gasteiger partial charge in [0.15, 0.2) is 18.1 Å². The topological polar surface area (TPSA) is 90.7 Å². The lowest BCUT2D eigenvalue weighted by molar-refractivity contribution is -0.120. The lowest BCUT2D eigenvalue weighted by Gasteiger charge is -2.10. The first-order valence-corrected chi connectivity index (χ1v) is 8.52. The van der Waals surface area contributed by atoms with Gasteiger partial charge in [0.1, 0.15) is 0 Å². The molecule has 2 amide bonds. The van der Waals surface area contributed by atoms with Crippen LogP contribution in [-0.2, 0) is 9.59 Å². The maximum atomic E-state index is 12.1. The van der Waals surface area contributed by atoms with Gasteiger partial charge in [0.25, 0.3) is 5.91 Å². The number of aryl methyl sites for hydroxylation is 1. The fourth-order valence-corrected chi connectivity index (χ4v) is 2.65. The van der Waals surface area contributed by atoms with Gasteiger partial charge >= 0.3 is 0 Å². The molecule has 0 saturated carbocycles. The Balaban J connectivity index is 2.06. The monoisotopic (exact) mass is 418 g/mol. The lowest BCUT2D eigenvalue weighted by Crippen LogP contribution is -2.20. The first kappa shape index (κ1) is 19.5. The van der Waals surface area contributed by atoms with Crippen LogP contribution in [0.25, 0.3) is 6.08 Å². The number of nitrogens with two attached hydrogens (primary N) is 1. The zero-order valence-electron chi connectivity index (χ0n) is 14.4. The second-order valence-corrected chi connectivity index (χ2v) is 6.36. The minimum atomic E-state index is -0.573. The van der Waals surface area contributed by atoms with E-state index in [4.69, 9.17) is 15.2 Å². The minimum absolute atomic E-state index is 0.236. The molecule has 0 heterocycles. The van der Waals surface area contributed by atoms with Crippen LogP contribution < -0.4 is 20.5 Å². The number of primary amides is 1. The van der Waals surface area contributed by atoms with E-state index in [1.165, 1.54) is 13.2 Å². The van der Waals surface area contributed by atoms with E-state index in [1.807, 2.05) is 25.1 Å². The summed E-state index contributed by atoms with van der Waals surface area (Å²) in [7, 11) is 1.49. The summed E-state index contributed by atoms with van der Waals surface area (Å²) in [6, 6.07) is 10.7. The molecule has 2 aromatic rings. The number of hydrogen-bond donors (Lipinski definition) is 2. The molecule has 0 aliphatic heterocycles. The van der Waals surface area contributed by atoms with Crippen molar-refractivity contribution in [1.82, 2.24) is 0 Å². The molecule has 0 bridgehead atoms. The molecule has 2 rings (SSSR count). The van der Waals surface area contributed by atoms with Crippen molar-refractivity contribution in [3.63, 3.8) is 0 Å². The Morgan fingerprint density at radius 3 is 2.62 bits per heavy atom. The standard InChI is InChI=1S/C19H19BrN2O4/c1-12-9-14(20)5-6-15(12)22-19(24)8-4-13-3-7-16(17(10-13)25-2)26-11-18(21)23/h3-10H,11H2,1-2H3,(H2,21,23)(H,22,24)/b8-4+. The fraction of sp³-hybridized carbons (Fsp3) is 0.158. The second-order valence-electron chi connectivity index (χ2n) is 5.45. The van der Waals surface area contributed by atoms with E-state index in [9.17, 15) is 9.59 Å². The van der Waals surface area contributed by atoms with Gasteiger partial charge in [-0.25, -0.2) is 0 Å². The summed E-state index contributed by atoms with van der Waals surface area (Å²) in [5.41, 5.74) is 7.51. The number of ether oxygens (including phenoxy) is 2.